The second kappa shape index (κ2) is 9.93. The van der Waals surface area contributed by atoms with Gasteiger partial charge < -0.3 is 20.1 Å². The summed E-state index contributed by atoms with van der Waals surface area (Å²) >= 11 is 6.07. The van der Waals surface area contributed by atoms with Gasteiger partial charge in [-0.1, -0.05) is 29.3 Å². The number of anilines is 2. The van der Waals surface area contributed by atoms with E-state index < -0.39 is 9.84 Å². The van der Waals surface area contributed by atoms with Crippen molar-refractivity contribution in [2.75, 3.05) is 31.4 Å². The molecule has 0 spiro atoms. The predicted molar refractivity (Wildman–Crippen MR) is 125 cm³/mol. The molecule has 0 radical (unpaired) electrons. The zero-order chi connectivity index (χ0) is 23.3. The van der Waals surface area contributed by atoms with Crippen LogP contribution in [-0.2, 0) is 14.6 Å². The van der Waals surface area contributed by atoms with E-state index >= 15 is 0 Å². The number of carbonyl (C=O) groups excluding carboxylic acids is 1. The highest BCUT2D eigenvalue weighted by molar-refractivity contribution is 7.91. The maximum Gasteiger partial charge on any atom is 0.243 e. The Labute approximate surface area is 192 Å². The fourth-order valence-corrected chi connectivity index (χ4v) is 4.70. The van der Waals surface area contributed by atoms with Crippen molar-refractivity contribution >= 4 is 38.7 Å². The second-order valence-electron chi connectivity index (χ2n) is 6.93. The highest BCUT2D eigenvalue weighted by Gasteiger charge is 2.22. The van der Waals surface area contributed by atoms with Crippen LogP contribution in [-0.4, -0.2) is 35.1 Å². The smallest absolute Gasteiger partial charge is 0.243 e. The van der Waals surface area contributed by atoms with E-state index in [1.807, 2.05) is 6.92 Å². The molecule has 0 bridgehead atoms. The Morgan fingerprint density at radius 3 is 2.28 bits per heavy atom. The van der Waals surface area contributed by atoms with Crippen molar-refractivity contribution in [3.8, 4) is 11.5 Å². The van der Waals surface area contributed by atoms with E-state index in [0.717, 1.165) is 5.56 Å². The lowest BCUT2D eigenvalue weighted by molar-refractivity contribution is -0.114. The molecule has 0 unspecified atom stereocenters. The van der Waals surface area contributed by atoms with E-state index in [0.29, 0.717) is 17.2 Å². The Bertz CT molecular complexity index is 1230. The van der Waals surface area contributed by atoms with Crippen molar-refractivity contribution in [3.63, 3.8) is 0 Å². The minimum absolute atomic E-state index is 0.00669. The fraction of sp³-hybridized carbons (Fsp3) is 0.174. The molecule has 0 saturated heterocycles. The third kappa shape index (κ3) is 5.33. The summed E-state index contributed by atoms with van der Waals surface area (Å²) in [6, 6.07) is 16.0. The van der Waals surface area contributed by atoms with Crippen LogP contribution in [0.1, 0.15) is 5.56 Å². The highest BCUT2D eigenvalue weighted by Crippen LogP contribution is 2.31. The van der Waals surface area contributed by atoms with Gasteiger partial charge in [-0.25, -0.2) is 8.42 Å². The number of rotatable bonds is 8. The molecular formula is C23H23ClN2O5S. The van der Waals surface area contributed by atoms with Crippen LogP contribution in [0.25, 0.3) is 0 Å². The Morgan fingerprint density at radius 1 is 0.938 bits per heavy atom. The number of hydrogen-bond acceptors (Lipinski definition) is 6. The lowest BCUT2D eigenvalue weighted by Crippen LogP contribution is -2.22. The Hall–Kier alpha value is -3.23. The monoisotopic (exact) mass is 474 g/mol. The van der Waals surface area contributed by atoms with Crippen LogP contribution in [0.3, 0.4) is 0 Å². The van der Waals surface area contributed by atoms with Gasteiger partial charge in [-0.3, -0.25) is 4.79 Å². The standard InChI is InChI=1S/C23H23ClN2O5S/c1-15-4-8-18(9-5-15)32(28,29)22-12-16(24)6-10-19(22)25-14-23(27)26-17-7-11-20(30-2)21(13-17)31-3/h4-13,25H,14H2,1-3H3,(H,26,27). The number of sulfone groups is 1. The molecule has 7 nitrogen and oxygen atoms in total. The summed E-state index contributed by atoms with van der Waals surface area (Å²) < 4.78 is 36.7. The first-order chi connectivity index (χ1) is 15.2. The van der Waals surface area contributed by atoms with Crippen LogP contribution in [0.4, 0.5) is 11.4 Å². The first-order valence-electron chi connectivity index (χ1n) is 9.61. The number of ether oxygens (including phenoxy) is 2. The van der Waals surface area contributed by atoms with E-state index in [2.05, 4.69) is 10.6 Å². The van der Waals surface area contributed by atoms with E-state index in [9.17, 15) is 13.2 Å². The summed E-state index contributed by atoms with van der Waals surface area (Å²) in [6.07, 6.45) is 0. The molecule has 9 heteroatoms. The molecule has 0 heterocycles. The molecule has 3 aromatic rings. The van der Waals surface area contributed by atoms with Gasteiger partial charge in [0.2, 0.25) is 15.7 Å². The molecule has 0 aliphatic carbocycles. The molecule has 0 atom stereocenters. The first kappa shape index (κ1) is 23.4. The Balaban J connectivity index is 1.78. The van der Waals surface area contributed by atoms with Gasteiger partial charge in [0.05, 0.1) is 36.2 Å². The van der Waals surface area contributed by atoms with Crippen molar-refractivity contribution in [2.45, 2.75) is 16.7 Å². The maximum absolute atomic E-state index is 13.2. The zero-order valence-electron chi connectivity index (χ0n) is 17.8. The van der Waals surface area contributed by atoms with Crippen LogP contribution in [0.5, 0.6) is 11.5 Å². The van der Waals surface area contributed by atoms with E-state index in [4.69, 9.17) is 21.1 Å². The molecule has 0 aliphatic rings. The molecule has 0 saturated carbocycles. The van der Waals surface area contributed by atoms with Gasteiger partial charge in [-0.2, -0.15) is 0 Å². The number of benzene rings is 3. The Morgan fingerprint density at radius 2 is 1.62 bits per heavy atom. The summed E-state index contributed by atoms with van der Waals surface area (Å²) in [6.45, 7) is 1.71. The van der Waals surface area contributed by atoms with Gasteiger partial charge in [0, 0.05) is 16.8 Å². The van der Waals surface area contributed by atoms with Crippen LogP contribution in [0.2, 0.25) is 5.02 Å². The van der Waals surface area contributed by atoms with Gasteiger partial charge in [0.25, 0.3) is 0 Å². The molecular weight excluding hydrogens is 452 g/mol. The van der Waals surface area contributed by atoms with E-state index in [1.54, 1.807) is 48.5 Å². The van der Waals surface area contributed by atoms with Gasteiger partial charge in [-0.15, -0.1) is 0 Å². The third-order valence-electron chi connectivity index (χ3n) is 4.67. The van der Waals surface area contributed by atoms with Gasteiger partial charge >= 0.3 is 0 Å². The van der Waals surface area contributed by atoms with Crippen LogP contribution < -0.4 is 20.1 Å². The van der Waals surface area contributed by atoms with Crippen molar-refractivity contribution in [2.24, 2.45) is 0 Å². The van der Waals surface area contributed by atoms with E-state index in [1.165, 1.54) is 26.4 Å². The minimum atomic E-state index is -3.84. The van der Waals surface area contributed by atoms with Gasteiger partial charge in [-0.05, 0) is 49.4 Å². The second-order valence-corrected chi connectivity index (χ2v) is 9.28. The number of carbonyl (C=O) groups is 1. The largest absolute Gasteiger partial charge is 0.493 e. The van der Waals surface area contributed by atoms with Crippen LogP contribution >= 0.6 is 11.6 Å². The molecule has 32 heavy (non-hydrogen) atoms. The van der Waals surface area contributed by atoms with Crippen LogP contribution in [0, 0.1) is 6.92 Å². The molecule has 3 aromatic carbocycles. The number of methoxy groups -OCH3 is 2. The quantitative estimate of drug-likeness (QED) is 0.497. The topological polar surface area (TPSA) is 93.7 Å². The lowest BCUT2D eigenvalue weighted by Gasteiger charge is -2.14. The first-order valence-corrected chi connectivity index (χ1v) is 11.5. The number of halogens is 1. The average Bonchev–Trinajstić information content (AvgIpc) is 2.78. The number of hydrogen-bond donors (Lipinski definition) is 2. The number of amides is 1. The third-order valence-corrected chi connectivity index (χ3v) is 6.72. The molecule has 0 aliphatic heterocycles. The summed E-state index contributed by atoms with van der Waals surface area (Å²) in [5.41, 5.74) is 1.73. The summed E-state index contributed by atoms with van der Waals surface area (Å²) in [5.74, 6) is 0.643. The fourth-order valence-electron chi connectivity index (χ4n) is 3.00. The molecule has 2 N–H and O–H groups in total. The Kier molecular flexibility index (Phi) is 7.27. The van der Waals surface area contributed by atoms with Crippen molar-refractivity contribution in [3.05, 3.63) is 71.2 Å². The minimum Gasteiger partial charge on any atom is -0.493 e. The van der Waals surface area contributed by atoms with E-state index in [-0.39, 0.29) is 33.0 Å². The van der Waals surface area contributed by atoms with Crippen molar-refractivity contribution in [1.29, 1.82) is 0 Å². The van der Waals surface area contributed by atoms with Gasteiger partial charge in [0.15, 0.2) is 11.5 Å². The molecule has 168 valence electrons. The molecule has 1 amide bonds. The molecule has 0 aromatic heterocycles. The van der Waals surface area contributed by atoms with Crippen molar-refractivity contribution < 1.29 is 22.7 Å². The summed E-state index contributed by atoms with van der Waals surface area (Å²) in [5, 5.41) is 5.90. The molecule has 0 fully saturated rings. The SMILES string of the molecule is COc1ccc(NC(=O)CNc2ccc(Cl)cc2S(=O)(=O)c2ccc(C)cc2)cc1OC. The normalized spacial score (nSPS) is 11.0. The van der Waals surface area contributed by atoms with Gasteiger partial charge in [0.1, 0.15) is 0 Å². The number of nitrogens with one attached hydrogen (secondary N) is 2. The van der Waals surface area contributed by atoms with Crippen molar-refractivity contribution in [1.82, 2.24) is 0 Å². The predicted octanol–water partition coefficient (Wildman–Crippen LogP) is 4.55. The summed E-state index contributed by atoms with van der Waals surface area (Å²) in [7, 11) is -0.818. The zero-order valence-corrected chi connectivity index (χ0v) is 19.4. The maximum atomic E-state index is 13.2. The van der Waals surface area contributed by atoms with Crippen LogP contribution in [0.15, 0.2) is 70.5 Å². The number of aryl methyl sites for hydroxylation is 1. The lowest BCUT2D eigenvalue weighted by atomic mass is 10.2. The highest BCUT2D eigenvalue weighted by atomic mass is 35.5. The summed E-state index contributed by atoms with van der Waals surface area (Å²) in [4.78, 5) is 12.6. The average molecular weight is 475 g/mol. The molecule has 3 rings (SSSR count).